The minimum absolute atomic E-state index is 0.0444. The Kier molecular flexibility index (Phi) is 6.12. The van der Waals surface area contributed by atoms with Crippen LogP contribution in [0.1, 0.15) is 29.9 Å². The molecule has 1 aromatic carbocycles. The van der Waals surface area contributed by atoms with E-state index in [-0.39, 0.29) is 22.3 Å². The highest BCUT2D eigenvalue weighted by Gasteiger charge is 2.44. The van der Waals surface area contributed by atoms with E-state index in [2.05, 4.69) is 5.32 Å². The van der Waals surface area contributed by atoms with E-state index < -0.39 is 24.6 Å². The number of ether oxygens (including phenoxy) is 1. The molecule has 0 aromatic heterocycles. The molecule has 0 bridgehead atoms. The summed E-state index contributed by atoms with van der Waals surface area (Å²) in [5, 5.41) is 12.2. The van der Waals surface area contributed by atoms with Gasteiger partial charge in [-0.3, -0.25) is 14.5 Å². The van der Waals surface area contributed by atoms with E-state index >= 15 is 0 Å². The molecule has 2 rings (SSSR count). The smallest absolute Gasteiger partial charge is 0.471 e. The number of aryl methyl sites for hydroxylation is 1. The molecule has 0 atom stereocenters. The molecule has 0 radical (unpaired) electrons. The van der Waals surface area contributed by atoms with Crippen molar-refractivity contribution in [3.8, 4) is 5.75 Å². The van der Waals surface area contributed by atoms with Crippen LogP contribution in [0.4, 0.5) is 18.9 Å². The molecule has 2 N–H and O–H groups in total. The second kappa shape index (κ2) is 7.94. The zero-order valence-electron chi connectivity index (χ0n) is 14.5. The van der Waals surface area contributed by atoms with Gasteiger partial charge >= 0.3 is 18.1 Å². The van der Waals surface area contributed by atoms with Crippen molar-refractivity contribution in [1.29, 1.82) is 0 Å². The van der Waals surface area contributed by atoms with Crippen LogP contribution < -0.4 is 15.0 Å². The highest BCUT2D eigenvalue weighted by molar-refractivity contribution is 6.01. The number of nitrogens with zero attached hydrogens (tertiary/aromatic N) is 1. The number of benzene rings is 1. The number of piperidine rings is 1. The van der Waals surface area contributed by atoms with Crippen LogP contribution in [0.2, 0.25) is 0 Å². The van der Waals surface area contributed by atoms with E-state index in [4.69, 9.17) is 9.84 Å². The molecular formula is C17H21F3N2O4. The molecule has 1 fully saturated rings. The number of methoxy groups -OCH3 is 1. The monoisotopic (exact) mass is 374 g/mol. The number of anilines is 1. The number of rotatable bonds is 5. The van der Waals surface area contributed by atoms with Crippen molar-refractivity contribution >= 4 is 17.6 Å². The summed E-state index contributed by atoms with van der Waals surface area (Å²) in [6, 6.07) is 3.00. The number of hydrogen-bond donors (Lipinski definition) is 2. The molecule has 1 aliphatic rings. The number of nitrogens with one attached hydrogen (secondary N) is 1. The van der Waals surface area contributed by atoms with E-state index in [0.29, 0.717) is 5.56 Å². The van der Waals surface area contributed by atoms with Gasteiger partial charge in [-0.05, 0) is 62.0 Å². The van der Waals surface area contributed by atoms with Crippen molar-refractivity contribution in [2.75, 3.05) is 31.6 Å². The van der Waals surface area contributed by atoms with Crippen molar-refractivity contribution in [2.24, 2.45) is 0 Å². The Morgan fingerprint density at radius 1 is 1.31 bits per heavy atom. The van der Waals surface area contributed by atoms with Crippen LogP contribution in [0.5, 0.6) is 5.75 Å². The minimum Gasteiger partial charge on any atom is -0.495 e. The number of carbonyl (C=O) groups is 2. The standard InChI is InChI=1S/C17H21F3N2O4/c1-10-7-13(22(9-15(23)24)16(25)17(18,19)20)14(26-2)8-12(10)11-3-5-21-6-4-11/h7-8,11,21H,3-6,9H2,1-2H3,(H,23,24). The second-order valence-electron chi connectivity index (χ2n) is 6.19. The van der Waals surface area contributed by atoms with Gasteiger partial charge in [0, 0.05) is 0 Å². The molecule has 0 unspecified atom stereocenters. The van der Waals surface area contributed by atoms with E-state index in [1.807, 2.05) is 0 Å². The number of hydrogen-bond acceptors (Lipinski definition) is 4. The molecular weight excluding hydrogens is 353 g/mol. The van der Waals surface area contributed by atoms with Crippen LogP contribution >= 0.6 is 0 Å². The number of carboxylic acid groups (broad SMARTS) is 1. The number of alkyl halides is 3. The van der Waals surface area contributed by atoms with Crippen molar-refractivity contribution in [1.82, 2.24) is 5.32 Å². The number of halogens is 3. The van der Waals surface area contributed by atoms with Crippen molar-refractivity contribution in [3.05, 3.63) is 23.3 Å². The first kappa shape index (κ1) is 20.0. The first-order valence-electron chi connectivity index (χ1n) is 8.15. The Balaban J connectivity index is 2.49. The molecule has 0 spiro atoms. The molecule has 1 saturated heterocycles. The Labute approximate surface area is 148 Å². The first-order chi connectivity index (χ1) is 12.1. The van der Waals surface area contributed by atoms with Crippen molar-refractivity contribution < 1.29 is 32.6 Å². The zero-order chi connectivity index (χ0) is 19.5. The predicted molar refractivity (Wildman–Crippen MR) is 88.6 cm³/mol. The average Bonchev–Trinajstić information content (AvgIpc) is 2.58. The van der Waals surface area contributed by atoms with Gasteiger partial charge in [0.05, 0.1) is 12.8 Å². The lowest BCUT2D eigenvalue weighted by molar-refractivity contribution is -0.171. The predicted octanol–water partition coefficient (Wildman–Crippen LogP) is 2.45. The molecule has 9 heteroatoms. The highest BCUT2D eigenvalue weighted by atomic mass is 19.4. The van der Waals surface area contributed by atoms with Gasteiger partial charge in [-0.15, -0.1) is 0 Å². The lowest BCUT2D eigenvalue weighted by atomic mass is 9.87. The molecule has 1 heterocycles. The SMILES string of the molecule is COc1cc(C2CCNCC2)c(C)cc1N(CC(=O)O)C(=O)C(F)(F)F. The second-order valence-corrected chi connectivity index (χ2v) is 6.19. The van der Waals surface area contributed by atoms with E-state index in [9.17, 15) is 22.8 Å². The lowest BCUT2D eigenvalue weighted by Crippen LogP contribution is -2.44. The van der Waals surface area contributed by atoms with Gasteiger partial charge in [-0.25, -0.2) is 0 Å². The van der Waals surface area contributed by atoms with E-state index in [1.54, 1.807) is 13.0 Å². The first-order valence-corrected chi connectivity index (χ1v) is 8.15. The fourth-order valence-electron chi connectivity index (χ4n) is 3.19. The normalized spacial score (nSPS) is 15.6. The fraction of sp³-hybridized carbons (Fsp3) is 0.529. The van der Waals surface area contributed by atoms with Gasteiger partial charge in [-0.1, -0.05) is 0 Å². The lowest BCUT2D eigenvalue weighted by Gasteiger charge is -2.28. The number of amides is 1. The molecule has 26 heavy (non-hydrogen) atoms. The summed E-state index contributed by atoms with van der Waals surface area (Å²) in [5.41, 5.74) is 1.42. The summed E-state index contributed by atoms with van der Waals surface area (Å²) in [7, 11) is 1.28. The molecule has 1 aromatic rings. The third-order valence-corrected chi connectivity index (χ3v) is 4.42. The van der Waals surface area contributed by atoms with Crippen molar-refractivity contribution in [3.63, 3.8) is 0 Å². The molecule has 0 saturated carbocycles. The molecule has 6 nitrogen and oxygen atoms in total. The van der Waals surface area contributed by atoms with Crippen LogP contribution in [-0.4, -0.2) is 49.9 Å². The quantitative estimate of drug-likeness (QED) is 0.828. The van der Waals surface area contributed by atoms with Gasteiger partial charge in [0.25, 0.3) is 0 Å². The van der Waals surface area contributed by atoms with Crippen molar-refractivity contribution in [2.45, 2.75) is 31.9 Å². The molecule has 0 aliphatic carbocycles. The third kappa shape index (κ3) is 4.46. The fourth-order valence-corrected chi connectivity index (χ4v) is 3.19. The summed E-state index contributed by atoms with van der Waals surface area (Å²) < 4.78 is 43.9. The summed E-state index contributed by atoms with van der Waals surface area (Å²) in [6.45, 7) is 2.30. The maximum Gasteiger partial charge on any atom is 0.471 e. The van der Waals surface area contributed by atoms with Crippen LogP contribution in [-0.2, 0) is 9.59 Å². The van der Waals surface area contributed by atoms with Crippen LogP contribution in [0.25, 0.3) is 0 Å². The van der Waals surface area contributed by atoms with E-state index in [1.165, 1.54) is 13.2 Å². The topological polar surface area (TPSA) is 78.9 Å². The Hall–Kier alpha value is -2.29. The maximum atomic E-state index is 12.9. The largest absolute Gasteiger partial charge is 0.495 e. The number of carbonyl (C=O) groups excluding carboxylic acids is 1. The maximum absolute atomic E-state index is 12.9. The van der Waals surface area contributed by atoms with Gasteiger partial charge in [-0.2, -0.15) is 13.2 Å². The molecule has 1 amide bonds. The van der Waals surface area contributed by atoms with Crippen LogP contribution in [0.15, 0.2) is 12.1 Å². The summed E-state index contributed by atoms with van der Waals surface area (Å²) in [5.74, 6) is -3.52. The van der Waals surface area contributed by atoms with Crippen LogP contribution in [0.3, 0.4) is 0 Å². The van der Waals surface area contributed by atoms with E-state index in [0.717, 1.165) is 31.5 Å². The highest BCUT2D eigenvalue weighted by Crippen LogP contribution is 2.38. The van der Waals surface area contributed by atoms with Gasteiger partial charge in [0.1, 0.15) is 12.3 Å². The van der Waals surface area contributed by atoms with Gasteiger partial charge in [0.2, 0.25) is 0 Å². The zero-order valence-corrected chi connectivity index (χ0v) is 14.5. The number of aliphatic carboxylic acids is 1. The number of carboxylic acids is 1. The third-order valence-electron chi connectivity index (χ3n) is 4.42. The Morgan fingerprint density at radius 3 is 2.42 bits per heavy atom. The summed E-state index contributed by atoms with van der Waals surface area (Å²) in [6.07, 6.45) is -3.44. The molecule has 144 valence electrons. The van der Waals surface area contributed by atoms with Gasteiger partial charge < -0.3 is 15.2 Å². The Morgan fingerprint density at radius 2 is 1.92 bits per heavy atom. The molecule has 1 aliphatic heterocycles. The average molecular weight is 374 g/mol. The Bertz CT molecular complexity index is 685. The summed E-state index contributed by atoms with van der Waals surface area (Å²) >= 11 is 0. The van der Waals surface area contributed by atoms with Crippen LogP contribution in [0, 0.1) is 6.92 Å². The summed E-state index contributed by atoms with van der Waals surface area (Å²) in [4.78, 5) is 22.9. The minimum atomic E-state index is -5.19. The van der Waals surface area contributed by atoms with Gasteiger partial charge in [0.15, 0.2) is 0 Å².